The van der Waals surface area contributed by atoms with Crippen LogP contribution in [0, 0.1) is 0 Å². The maximum Gasteiger partial charge on any atom is 0.264 e. The van der Waals surface area contributed by atoms with Crippen molar-refractivity contribution in [3.63, 3.8) is 0 Å². The zero-order valence-corrected chi connectivity index (χ0v) is 13.1. The Kier molecular flexibility index (Phi) is 3.21. The molecule has 2 heterocycles. The number of carbonyl (C=O) groups is 2. The standard InChI is InChI=1S/C14H14BrNO5/c1-13(2)20-6-10(17)11(21-13)14(19)8-4-3-7(15)5-9(8)16-12(14)18/h3-5,11,19H,6H2,1-2H3,(H,16,18)/t11-,14+/m1/s1. The van der Waals surface area contributed by atoms with Gasteiger partial charge in [-0.25, -0.2) is 0 Å². The molecule has 21 heavy (non-hydrogen) atoms. The van der Waals surface area contributed by atoms with Gasteiger partial charge in [0.1, 0.15) is 6.61 Å². The Hall–Kier alpha value is -1.28. The number of halogens is 1. The second-order valence-corrected chi connectivity index (χ2v) is 6.48. The molecule has 0 aliphatic carbocycles. The van der Waals surface area contributed by atoms with Crippen molar-refractivity contribution in [3.8, 4) is 0 Å². The molecule has 1 fully saturated rings. The molecule has 0 radical (unpaired) electrons. The van der Waals surface area contributed by atoms with Gasteiger partial charge in [0.25, 0.3) is 5.91 Å². The van der Waals surface area contributed by atoms with Gasteiger partial charge in [-0.1, -0.05) is 22.0 Å². The molecule has 0 spiro atoms. The highest BCUT2D eigenvalue weighted by atomic mass is 79.9. The zero-order chi connectivity index (χ0) is 15.4. The summed E-state index contributed by atoms with van der Waals surface area (Å²) in [5.74, 6) is -2.19. The lowest BCUT2D eigenvalue weighted by atomic mass is 9.86. The summed E-state index contributed by atoms with van der Waals surface area (Å²) in [6.07, 6.45) is -1.30. The van der Waals surface area contributed by atoms with Crippen LogP contribution in [0.25, 0.3) is 0 Å². The van der Waals surface area contributed by atoms with Crippen molar-refractivity contribution in [2.24, 2.45) is 0 Å². The predicted molar refractivity (Wildman–Crippen MR) is 76.6 cm³/mol. The van der Waals surface area contributed by atoms with Gasteiger partial charge in [0, 0.05) is 15.7 Å². The van der Waals surface area contributed by atoms with Gasteiger partial charge >= 0.3 is 0 Å². The van der Waals surface area contributed by atoms with E-state index in [1.807, 2.05) is 0 Å². The lowest BCUT2D eigenvalue weighted by molar-refractivity contribution is -0.282. The fourth-order valence-corrected chi connectivity index (χ4v) is 2.94. The van der Waals surface area contributed by atoms with E-state index in [1.165, 1.54) is 0 Å². The number of benzene rings is 1. The summed E-state index contributed by atoms with van der Waals surface area (Å²) < 4.78 is 11.5. The van der Waals surface area contributed by atoms with Gasteiger partial charge in [0.05, 0.1) is 0 Å². The largest absolute Gasteiger partial charge is 0.373 e. The van der Waals surface area contributed by atoms with Crippen LogP contribution in [0.5, 0.6) is 0 Å². The third kappa shape index (κ3) is 2.20. The summed E-state index contributed by atoms with van der Waals surface area (Å²) in [6.45, 7) is 3.05. The van der Waals surface area contributed by atoms with Crippen LogP contribution in [0.3, 0.4) is 0 Å². The molecule has 0 saturated carbocycles. The molecular weight excluding hydrogens is 342 g/mol. The topological polar surface area (TPSA) is 84.9 Å². The summed E-state index contributed by atoms with van der Waals surface area (Å²) >= 11 is 3.30. The van der Waals surface area contributed by atoms with E-state index >= 15 is 0 Å². The van der Waals surface area contributed by atoms with Crippen molar-refractivity contribution in [2.75, 3.05) is 11.9 Å². The average molecular weight is 356 g/mol. The highest BCUT2D eigenvalue weighted by Gasteiger charge is 2.57. The Labute approximate surface area is 129 Å². The van der Waals surface area contributed by atoms with E-state index in [4.69, 9.17) is 9.47 Å². The van der Waals surface area contributed by atoms with Gasteiger partial charge < -0.3 is 19.9 Å². The minimum atomic E-state index is -2.05. The van der Waals surface area contributed by atoms with E-state index in [0.29, 0.717) is 11.3 Å². The Morgan fingerprint density at radius 1 is 1.38 bits per heavy atom. The number of rotatable bonds is 1. The quantitative estimate of drug-likeness (QED) is 0.793. The molecule has 2 aliphatic rings. The summed E-state index contributed by atoms with van der Waals surface area (Å²) in [5, 5.41) is 13.5. The number of hydrogen-bond donors (Lipinski definition) is 2. The van der Waals surface area contributed by atoms with Gasteiger partial charge in [-0.15, -0.1) is 0 Å². The molecule has 3 rings (SSSR count). The van der Waals surface area contributed by atoms with Gasteiger partial charge in [0.2, 0.25) is 5.60 Å². The predicted octanol–water partition coefficient (Wildman–Crippen LogP) is 1.31. The van der Waals surface area contributed by atoms with E-state index in [2.05, 4.69) is 21.2 Å². The van der Waals surface area contributed by atoms with Crippen molar-refractivity contribution >= 4 is 33.3 Å². The molecule has 1 saturated heterocycles. The Morgan fingerprint density at radius 3 is 2.81 bits per heavy atom. The Bertz CT molecular complexity index is 644. The molecule has 0 unspecified atom stereocenters. The van der Waals surface area contributed by atoms with Gasteiger partial charge in [-0.2, -0.15) is 0 Å². The summed E-state index contributed by atoms with van der Waals surface area (Å²) in [4.78, 5) is 24.4. The van der Waals surface area contributed by atoms with Crippen LogP contribution < -0.4 is 5.32 Å². The normalized spacial score (nSPS) is 31.0. The van der Waals surface area contributed by atoms with E-state index in [9.17, 15) is 14.7 Å². The van der Waals surface area contributed by atoms with Crippen molar-refractivity contribution < 1.29 is 24.2 Å². The first-order chi connectivity index (χ1) is 9.74. The Balaban J connectivity index is 2.08. The molecule has 1 aromatic rings. The fraction of sp³-hybridized carbons (Fsp3) is 0.429. The lowest BCUT2D eigenvalue weighted by Gasteiger charge is -2.40. The maximum absolute atomic E-state index is 12.3. The smallest absolute Gasteiger partial charge is 0.264 e. The van der Waals surface area contributed by atoms with Gasteiger partial charge in [0.15, 0.2) is 17.7 Å². The molecule has 2 N–H and O–H groups in total. The SMILES string of the molecule is CC1(C)OCC(=O)[C@H]([C@]2(O)C(=O)Nc3cc(Br)ccc32)O1. The molecule has 6 nitrogen and oxygen atoms in total. The first-order valence-corrected chi connectivity index (χ1v) is 7.22. The number of fused-ring (bicyclic) bond motifs is 1. The van der Waals surface area contributed by atoms with Crippen molar-refractivity contribution in [2.45, 2.75) is 31.3 Å². The minimum absolute atomic E-state index is 0.209. The van der Waals surface area contributed by atoms with Crippen LogP contribution in [0.2, 0.25) is 0 Å². The summed E-state index contributed by atoms with van der Waals surface area (Å²) in [7, 11) is 0. The fourth-order valence-electron chi connectivity index (χ4n) is 2.57. The third-order valence-electron chi connectivity index (χ3n) is 3.62. The monoisotopic (exact) mass is 355 g/mol. The second kappa shape index (κ2) is 4.61. The molecule has 1 amide bonds. The Morgan fingerprint density at radius 2 is 2.10 bits per heavy atom. The van der Waals surface area contributed by atoms with Crippen LogP contribution in [-0.4, -0.2) is 35.3 Å². The molecule has 1 aromatic carbocycles. The molecule has 2 aliphatic heterocycles. The van der Waals surface area contributed by atoms with E-state index in [-0.39, 0.29) is 6.61 Å². The number of ether oxygens (including phenoxy) is 2. The van der Waals surface area contributed by atoms with E-state index in [1.54, 1.807) is 32.0 Å². The number of Topliss-reactive ketones (excluding diaryl/α,β-unsaturated/α-hetero) is 1. The number of ketones is 1. The van der Waals surface area contributed by atoms with Crippen LogP contribution in [0.15, 0.2) is 22.7 Å². The first-order valence-electron chi connectivity index (χ1n) is 6.42. The summed E-state index contributed by atoms with van der Waals surface area (Å²) in [5.41, 5.74) is -1.27. The number of aliphatic hydroxyl groups is 1. The number of carbonyl (C=O) groups excluding carboxylic acids is 2. The molecule has 112 valence electrons. The van der Waals surface area contributed by atoms with E-state index in [0.717, 1.165) is 4.47 Å². The highest BCUT2D eigenvalue weighted by Crippen LogP contribution is 2.43. The number of nitrogens with one attached hydrogen (secondary N) is 1. The van der Waals surface area contributed by atoms with Crippen molar-refractivity contribution in [1.82, 2.24) is 0 Å². The van der Waals surface area contributed by atoms with E-state index < -0.39 is 29.2 Å². The van der Waals surface area contributed by atoms with Gasteiger partial charge in [-0.3, -0.25) is 9.59 Å². The molecule has 0 bridgehead atoms. The van der Waals surface area contributed by atoms with Crippen LogP contribution >= 0.6 is 15.9 Å². The number of hydrogen-bond acceptors (Lipinski definition) is 5. The average Bonchev–Trinajstić information content (AvgIpc) is 2.65. The van der Waals surface area contributed by atoms with Crippen LogP contribution in [0.1, 0.15) is 19.4 Å². The molecule has 0 aromatic heterocycles. The van der Waals surface area contributed by atoms with Crippen molar-refractivity contribution in [1.29, 1.82) is 0 Å². The lowest BCUT2D eigenvalue weighted by Crippen LogP contribution is -2.58. The molecular formula is C14H14BrNO5. The second-order valence-electron chi connectivity index (χ2n) is 5.56. The third-order valence-corrected chi connectivity index (χ3v) is 4.12. The first kappa shape index (κ1) is 14.6. The molecule has 2 atom stereocenters. The number of amides is 1. The van der Waals surface area contributed by atoms with Gasteiger partial charge in [-0.05, 0) is 26.0 Å². The maximum atomic E-state index is 12.3. The highest BCUT2D eigenvalue weighted by molar-refractivity contribution is 9.10. The number of anilines is 1. The molecule has 7 heteroatoms. The van der Waals surface area contributed by atoms with Crippen LogP contribution in [-0.2, 0) is 24.7 Å². The zero-order valence-electron chi connectivity index (χ0n) is 11.5. The van der Waals surface area contributed by atoms with Crippen molar-refractivity contribution in [3.05, 3.63) is 28.2 Å². The summed E-state index contributed by atoms with van der Waals surface area (Å²) in [6, 6.07) is 4.95. The minimum Gasteiger partial charge on any atom is -0.373 e. The van der Waals surface area contributed by atoms with Crippen LogP contribution in [0.4, 0.5) is 5.69 Å².